The molecule has 0 aromatic heterocycles. The summed E-state index contributed by atoms with van der Waals surface area (Å²) in [5, 5.41) is 3.43. The Morgan fingerprint density at radius 2 is 2.05 bits per heavy atom. The maximum Gasteiger partial charge on any atom is 0.241 e. The van der Waals surface area contributed by atoms with E-state index in [1.54, 1.807) is 7.11 Å². The summed E-state index contributed by atoms with van der Waals surface area (Å²) in [5.74, 6) is 0.990. The van der Waals surface area contributed by atoms with Crippen LogP contribution in [0, 0.1) is 0 Å². The molecule has 0 radical (unpaired) electrons. The maximum atomic E-state index is 12.5. The van der Waals surface area contributed by atoms with E-state index in [1.807, 2.05) is 50.2 Å². The van der Waals surface area contributed by atoms with Crippen molar-refractivity contribution in [1.29, 1.82) is 0 Å². The summed E-state index contributed by atoms with van der Waals surface area (Å²) in [6.07, 6.45) is 0.682. The zero-order chi connectivity index (χ0) is 15.4. The van der Waals surface area contributed by atoms with Crippen LogP contribution in [0.3, 0.4) is 0 Å². The molecular weight excluding hydrogens is 266 g/mol. The number of methoxy groups -OCH3 is 1. The van der Waals surface area contributed by atoms with Gasteiger partial charge in [0.2, 0.25) is 5.91 Å². The molecule has 1 saturated heterocycles. The van der Waals surface area contributed by atoms with Gasteiger partial charge < -0.3 is 14.5 Å². The summed E-state index contributed by atoms with van der Waals surface area (Å²) < 4.78 is 5.45. The molecule has 0 bridgehead atoms. The number of nitrogens with one attached hydrogen (secondary N) is 1. The summed E-state index contributed by atoms with van der Waals surface area (Å²) in [7, 11) is 5.70. The van der Waals surface area contributed by atoms with Crippen LogP contribution >= 0.6 is 0 Å². The number of hydrogen-bond donors (Lipinski definition) is 1. The molecule has 1 fully saturated rings. The van der Waals surface area contributed by atoms with Gasteiger partial charge in [-0.3, -0.25) is 10.1 Å². The lowest BCUT2D eigenvalue weighted by atomic mass is 10.1. The van der Waals surface area contributed by atoms with Gasteiger partial charge in [0.25, 0.3) is 0 Å². The second-order valence-corrected chi connectivity index (χ2v) is 5.61. The number of likely N-dealkylation sites (N-methyl/N-ethyl adjacent to an activating group) is 1. The van der Waals surface area contributed by atoms with Crippen LogP contribution < -0.4 is 10.1 Å². The van der Waals surface area contributed by atoms with Crippen LogP contribution in [0.25, 0.3) is 0 Å². The third-order valence-corrected chi connectivity index (χ3v) is 3.88. The van der Waals surface area contributed by atoms with Crippen molar-refractivity contribution >= 4 is 5.91 Å². The van der Waals surface area contributed by atoms with Gasteiger partial charge in [-0.15, -0.1) is 0 Å². The van der Waals surface area contributed by atoms with E-state index >= 15 is 0 Å². The molecule has 5 heteroatoms. The Morgan fingerprint density at radius 1 is 1.33 bits per heavy atom. The first-order valence-electron chi connectivity index (χ1n) is 7.42. The van der Waals surface area contributed by atoms with E-state index in [2.05, 4.69) is 10.2 Å². The van der Waals surface area contributed by atoms with E-state index in [4.69, 9.17) is 4.74 Å². The van der Waals surface area contributed by atoms with E-state index in [-0.39, 0.29) is 18.1 Å². The van der Waals surface area contributed by atoms with E-state index < -0.39 is 0 Å². The average Bonchev–Trinajstić information content (AvgIpc) is 2.81. The average molecular weight is 291 g/mol. The van der Waals surface area contributed by atoms with Gasteiger partial charge in [0, 0.05) is 18.7 Å². The van der Waals surface area contributed by atoms with Gasteiger partial charge in [0.05, 0.1) is 13.2 Å². The Kier molecular flexibility index (Phi) is 5.20. The highest BCUT2D eigenvalue weighted by atomic mass is 16.5. The lowest BCUT2D eigenvalue weighted by molar-refractivity contribution is -0.130. The first-order valence-corrected chi connectivity index (χ1v) is 7.42. The van der Waals surface area contributed by atoms with Gasteiger partial charge >= 0.3 is 0 Å². The number of para-hydroxylation sites is 1. The number of hydrogen-bond acceptors (Lipinski definition) is 4. The highest BCUT2D eigenvalue weighted by molar-refractivity contribution is 5.84. The summed E-state index contributed by atoms with van der Waals surface area (Å²) in [5.41, 5.74) is 1.02. The minimum absolute atomic E-state index is 0.109. The van der Waals surface area contributed by atoms with E-state index in [9.17, 15) is 4.79 Å². The topological polar surface area (TPSA) is 44.8 Å². The fourth-order valence-corrected chi connectivity index (χ4v) is 2.67. The molecule has 0 aliphatic carbocycles. The molecule has 1 amide bonds. The summed E-state index contributed by atoms with van der Waals surface area (Å²) in [6, 6.07) is 7.77. The number of amides is 1. The molecule has 0 spiro atoms. The predicted molar refractivity (Wildman–Crippen MR) is 83.2 cm³/mol. The van der Waals surface area contributed by atoms with E-state index in [0.29, 0.717) is 6.54 Å². The van der Waals surface area contributed by atoms with Crippen LogP contribution in [-0.4, -0.2) is 56.0 Å². The second-order valence-electron chi connectivity index (χ2n) is 5.61. The molecule has 1 aromatic rings. The van der Waals surface area contributed by atoms with Crippen LogP contribution in [0.4, 0.5) is 0 Å². The number of carbonyl (C=O) groups excluding carboxylic acids is 1. The Labute approximate surface area is 126 Å². The molecule has 1 heterocycles. The zero-order valence-corrected chi connectivity index (χ0v) is 13.3. The highest BCUT2D eigenvalue weighted by Gasteiger charge is 2.39. The minimum atomic E-state index is -0.112. The molecular formula is C16H25N3O2. The van der Waals surface area contributed by atoms with Crippen molar-refractivity contribution in [2.45, 2.75) is 25.6 Å². The SMILES string of the molecule is CCC1NC(c2ccccc2OC)N(CCN(C)C)C1=O. The quantitative estimate of drug-likeness (QED) is 0.862. The lowest BCUT2D eigenvalue weighted by Crippen LogP contribution is -2.36. The van der Waals surface area contributed by atoms with Crippen LogP contribution in [-0.2, 0) is 4.79 Å². The smallest absolute Gasteiger partial charge is 0.241 e. The second kappa shape index (κ2) is 6.91. The van der Waals surface area contributed by atoms with E-state index in [1.165, 1.54) is 0 Å². The summed E-state index contributed by atoms with van der Waals surface area (Å²) >= 11 is 0. The first-order chi connectivity index (χ1) is 10.1. The van der Waals surface area contributed by atoms with Crippen molar-refractivity contribution in [3.63, 3.8) is 0 Å². The van der Waals surface area contributed by atoms with Gasteiger partial charge in [-0.2, -0.15) is 0 Å². The Balaban J connectivity index is 2.27. The maximum absolute atomic E-state index is 12.5. The van der Waals surface area contributed by atoms with Crippen LogP contribution in [0.1, 0.15) is 25.1 Å². The fourth-order valence-electron chi connectivity index (χ4n) is 2.67. The van der Waals surface area contributed by atoms with Crippen molar-refractivity contribution < 1.29 is 9.53 Å². The highest BCUT2D eigenvalue weighted by Crippen LogP contribution is 2.32. The van der Waals surface area contributed by atoms with Crippen molar-refractivity contribution in [3.8, 4) is 5.75 Å². The molecule has 1 N–H and O–H groups in total. The minimum Gasteiger partial charge on any atom is -0.496 e. The third kappa shape index (κ3) is 3.36. The molecule has 1 aromatic carbocycles. The molecule has 2 atom stereocenters. The van der Waals surface area contributed by atoms with Crippen LogP contribution in [0.2, 0.25) is 0 Å². The standard InChI is InChI=1S/C16H25N3O2/c1-5-13-16(20)19(11-10-18(2)3)15(17-13)12-8-6-7-9-14(12)21-4/h6-9,13,15,17H,5,10-11H2,1-4H3. The molecule has 5 nitrogen and oxygen atoms in total. The van der Waals surface area contributed by atoms with Crippen molar-refractivity contribution in [2.24, 2.45) is 0 Å². The molecule has 1 aliphatic rings. The summed E-state index contributed by atoms with van der Waals surface area (Å²) in [4.78, 5) is 16.5. The van der Waals surface area contributed by atoms with Gasteiger partial charge in [0.1, 0.15) is 11.9 Å². The number of ether oxygens (including phenoxy) is 1. The monoisotopic (exact) mass is 291 g/mol. The third-order valence-electron chi connectivity index (χ3n) is 3.88. The van der Waals surface area contributed by atoms with Gasteiger partial charge in [-0.1, -0.05) is 25.1 Å². The molecule has 2 unspecified atom stereocenters. The zero-order valence-electron chi connectivity index (χ0n) is 13.3. The summed E-state index contributed by atoms with van der Waals surface area (Å²) in [6.45, 7) is 3.58. The van der Waals surface area contributed by atoms with E-state index in [0.717, 1.165) is 24.3 Å². The largest absolute Gasteiger partial charge is 0.496 e. The van der Waals surface area contributed by atoms with Crippen molar-refractivity contribution in [2.75, 3.05) is 34.3 Å². The number of carbonyl (C=O) groups is 1. The fraction of sp³-hybridized carbons (Fsp3) is 0.562. The number of nitrogens with zero attached hydrogens (tertiary/aromatic N) is 2. The Bertz CT molecular complexity index is 490. The molecule has 116 valence electrons. The lowest BCUT2D eigenvalue weighted by Gasteiger charge is -2.27. The number of rotatable bonds is 6. The predicted octanol–water partition coefficient (Wildman–Crippen LogP) is 1.47. The van der Waals surface area contributed by atoms with Crippen molar-refractivity contribution in [3.05, 3.63) is 29.8 Å². The normalized spacial score (nSPS) is 22.1. The Morgan fingerprint density at radius 3 is 2.67 bits per heavy atom. The van der Waals surface area contributed by atoms with Gasteiger partial charge in [-0.05, 0) is 26.6 Å². The molecule has 2 rings (SSSR count). The number of benzene rings is 1. The molecule has 0 saturated carbocycles. The first kappa shape index (κ1) is 15.8. The van der Waals surface area contributed by atoms with Crippen molar-refractivity contribution in [1.82, 2.24) is 15.1 Å². The van der Waals surface area contributed by atoms with Crippen LogP contribution in [0.15, 0.2) is 24.3 Å². The van der Waals surface area contributed by atoms with Crippen LogP contribution in [0.5, 0.6) is 5.75 Å². The van der Waals surface area contributed by atoms with Gasteiger partial charge in [-0.25, -0.2) is 0 Å². The molecule has 1 aliphatic heterocycles. The Hall–Kier alpha value is -1.59. The molecule has 21 heavy (non-hydrogen) atoms. The van der Waals surface area contributed by atoms with Gasteiger partial charge in [0.15, 0.2) is 0 Å².